The van der Waals surface area contributed by atoms with Crippen LogP contribution in [-0.4, -0.2) is 25.8 Å². The number of nitro groups is 1. The van der Waals surface area contributed by atoms with E-state index in [0.717, 1.165) is 17.3 Å². The molecule has 1 heterocycles. The van der Waals surface area contributed by atoms with Crippen molar-refractivity contribution in [3.8, 4) is 5.69 Å². The van der Waals surface area contributed by atoms with Crippen molar-refractivity contribution in [1.29, 1.82) is 0 Å². The molecule has 0 bridgehead atoms. The summed E-state index contributed by atoms with van der Waals surface area (Å²) in [4.78, 5) is 24.4. The summed E-state index contributed by atoms with van der Waals surface area (Å²) in [5, 5.41) is 22.6. The molecule has 0 fully saturated rings. The van der Waals surface area contributed by atoms with Gasteiger partial charge < -0.3 is 5.32 Å². The third-order valence-electron chi connectivity index (χ3n) is 4.37. The lowest BCUT2D eigenvalue weighted by Gasteiger charge is -2.09. The van der Waals surface area contributed by atoms with E-state index < -0.39 is 10.8 Å². The van der Waals surface area contributed by atoms with Gasteiger partial charge in [0.15, 0.2) is 0 Å². The number of amides is 1. The third kappa shape index (κ3) is 3.65. The number of aryl methyl sites for hydroxylation is 1. The Balaban J connectivity index is 1.65. The van der Waals surface area contributed by atoms with Gasteiger partial charge in [0.05, 0.1) is 21.2 Å². The molecule has 4 rings (SSSR count). The van der Waals surface area contributed by atoms with Crippen LogP contribution in [0.3, 0.4) is 0 Å². The number of nitrogens with one attached hydrogen (secondary N) is 1. The zero-order chi connectivity index (χ0) is 20.5. The summed E-state index contributed by atoms with van der Waals surface area (Å²) < 4.78 is 0. The highest BCUT2D eigenvalue weighted by molar-refractivity contribution is 6.34. The molecule has 0 spiro atoms. The van der Waals surface area contributed by atoms with Crippen molar-refractivity contribution in [3.05, 3.63) is 86.9 Å². The van der Waals surface area contributed by atoms with Gasteiger partial charge in [-0.1, -0.05) is 29.8 Å². The van der Waals surface area contributed by atoms with Crippen LogP contribution in [0.2, 0.25) is 5.02 Å². The number of non-ortho nitro benzene ring substituents is 1. The molecule has 0 aliphatic heterocycles. The molecule has 1 amide bonds. The Labute approximate surface area is 169 Å². The molecular formula is C20H14ClN5O3. The maximum Gasteiger partial charge on any atom is 0.270 e. The molecule has 29 heavy (non-hydrogen) atoms. The largest absolute Gasteiger partial charge is 0.322 e. The van der Waals surface area contributed by atoms with Crippen molar-refractivity contribution < 1.29 is 9.72 Å². The molecule has 9 heteroatoms. The van der Waals surface area contributed by atoms with Gasteiger partial charge in [0.25, 0.3) is 11.6 Å². The van der Waals surface area contributed by atoms with Gasteiger partial charge in [0.2, 0.25) is 0 Å². The predicted molar refractivity (Wildman–Crippen MR) is 110 cm³/mol. The maximum atomic E-state index is 12.6. The van der Waals surface area contributed by atoms with Crippen molar-refractivity contribution in [2.75, 3.05) is 5.32 Å². The summed E-state index contributed by atoms with van der Waals surface area (Å²) in [5.74, 6) is -0.470. The van der Waals surface area contributed by atoms with E-state index in [1.54, 1.807) is 6.07 Å². The average Bonchev–Trinajstić information content (AvgIpc) is 3.11. The van der Waals surface area contributed by atoms with Crippen molar-refractivity contribution in [2.45, 2.75) is 6.92 Å². The highest BCUT2D eigenvalue weighted by Gasteiger charge is 2.17. The molecule has 144 valence electrons. The van der Waals surface area contributed by atoms with Gasteiger partial charge in [-0.2, -0.15) is 4.80 Å². The molecule has 0 saturated carbocycles. The number of nitrogens with zero attached hydrogens (tertiary/aromatic N) is 4. The first kappa shape index (κ1) is 18.6. The summed E-state index contributed by atoms with van der Waals surface area (Å²) >= 11 is 6.05. The van der Waals surface area contributed by atoms with Gasteiger partial charge in [-0.05, 0) is 42.8 Å². The maximum absolute atomic E-state index is 12.6. The number of carbonyl (C=O) groups is 1. The first-order valence-corrected chi connectivity index (χ1v) is 8.98. The van der Waals surface area contributed by atoms with E-state index in [4.69, 9.17) is 11.6 Å². The first-order chi connectivity index (χ1) is 13.9. The Hall–Kier alpha value is -3.78. The lowest BCUT2D eigenvalue weighted by molar-refractivity contribution is -0.384. The summed E-state index contributed by atoms with van der Waals surface area (Å²) in [5.41, 5.74) is 3.44. The quantitative estimate of drug-likeness (QED) is 0.395. The molecule has 1 N–H and O–H groups in total. The monoisotopic (exact) mass is 407 g/mol. The molecule has 0 aliphatic carbocycles. The van der Waals surface area contributed by atoms with Gasteiger partial charge in [0, 0.05) is 17.8 Å². The van der Waals surface area contributed by atoms with Crippen molar-refractivity contribution in [1.82, 2.24) is 15.0 Å². The number of carbonyl (C=O) groups excluding carboxylic acids is 1. The summed E-state index contributed by atoms with van der Waals surface area (Å²) in [6, 6.07) is 16.8. The summed E-state index contributed by atoms with van der Waals surface area (Å²) in [6.45, 7) is 1.84. The number of rotatable bonds is 4. The fraction of sp³-hybridized carbons (Fsp3) is 0.0500. The molecule has 3 aromatic carbocycles. The number of para-hydroxylation sites is 1. The van der Waals surface area contributed by atoms with E-state index in [0.29, 0.717) is 16.7 Å². The molecule has 0 atom stereocenters. The van der Waals surface area contributed by atoms with Crippen LogP contribution in [0.15, 0.2) is 60.7 Å². The van der Waals surface area contributed by atoms with Gasteiger partial charge in [-0.15, -0.1) is 10.2 Å². The average molecular weight is 408 g/mol. The van der Waals surface area contributed by atoms with Crippen LogP contribution >= 0.6 is 11.6 Å². The molecule has 0 unspecified atom stereocenters. The van der Waals surface area contributed by atoms with Gasteiger partial charge in [0.1, 0.15) is 11.0 Å². The number of hydrogen-bond acceptors (Lipinski definition) is 5. The zero-order valence-corrected chi connectivity index (χ0v) is 15.9. The zero-order valence-electron chi connectivity index (χ0n) is 15.2. The number of hydrogen-bond donors (Lipinski definition) is 1. The van der Waals surface area contributed by atoms with Crippen molar-refractivity contribution in [2.24, 2.45) is 0 Å². The number of aromatic nitrogens is 3. The second kappa shape index (κ2) is 7.33. The van der Waals surface area contributed by atoms with E-state index in [1.807, 2.05) is 43.3 Å². The van der Waals surface area contributed by atoms with Gasteiger partial charge in [-0.25, -0.2) is 0 Å². The number of fused-ring (bicyclic) bond motifs is 1. The summed E-state index contributed by atoms with van der Waals surface area (Å²) in [6.07, 6.45) is 0. The van der Waals surface area contributed by atoms with Crippen molar-refractivity contribution in [3.63, 3.8) is 0 Å². The fourth-order valence-electron chi connectivity index (χ4n) is 2.87. The van der Waals surface area contributed by atoms with Crippen LogP contribution in [0, 0.1) is 17.0 Å². The van der Waals surface area contributed by atoms with E-state index in [1.165, 1.54) is 16.9 Å². The predicted octanol–water partition coefficient (Wildman–Crippen LogP) is 4.54. The van der Waals surface area contributed by atoms with Gasteiger partial charge in [-0.3, -0.25) is 14.9 Å². The molecule has 8 nitrogen and oxygen atoms in total. The second-order valence-corrected chi connectivity index (χ2v) is 6.76. The van der Waals surface area contributed by atoms with E-state index in [9.17, 15) is 14.9 Å². The molecule has 4 aromatic rings. The molecule has 1 aromatic heterocycles. The highest BCUT2D eigenvalue weighted by Crippen LogP contribution is 2.26. The van der Waals surface area contributed by atoms with Gasteiger partial charge >= 0.3 is 0 Å². The minimum absolute atomic E-state index is 0.00505. The summed E-state index contributed by atoms with van der Waals surface area (Å²) in [7, 11) is 0. The molecule has 0 aliphatic rings. The Morgan fingerprint density at radius 1 is 1.07 bits per heavy atom. The van der Waals surface area contributed by atoms with Crippen LogP contribution in [0.25, 0.3) is 16.7 Å². The number of benzene rings is 3. The highest BCUT2D eigenvalue weighted by atomic mass is 35.5. The van der Waals surface area contributed by atoms with Crippen LogP contribution in [-0.2, 0) is 0 Å². The normalized spacial score (nSPS) is 10.8. The standard InChI is InChI=1S/C20H14ClN5O3/c1-12-9-18-19(24-25(23-18)13-5-3-2-4-6-13)11-17(12)22-20(27)15-8-7-14(26(28)29)10-16(15)21/h2-11H,1H3,(H,22,27). The Kier molecular flexibility index (Phi) is 4.69. The van der Waals surface area contributed by atoms with E-state index >= 15 is 0 Å². The van der Waals surface area contributed by atoms with E-state index in [-0.39, 0.29) is 16.3 Å². The van der Waals surface area contributed by atoms with Crippen molar-refractivity contribution >= 4 is 39.9 Å². The SMILES string of the molecule is Cc1cc2nn(-c3ccccc3)nc2cc1NC(=O)c1ccc([N+](=O)[O-])cc1Cl. The minimum Gasteiger partial charge on any atom is -0.322 e. The van der Waals surface area contributed by atoms with Crippen LogP contribution < -0.4 is 5.32 Å². The number of halogens is 1. The first-order valence-electron chi connectivity index (χ1n) is 8.61. The topological polar surface area (TPSA) is 103 Å². The number of anilines is 1. The van der Waals surface area contributed by atoms with Crippen LogP contribution in [0.1, 0.15) is 15.9 Å². The Morgan fingerprint density at radius 3 is 2.41 bits per heavy atom. The molecule has 0 saturated heterocycles. The second-order valence-electron chi connectivity index (χ2n) is 6.36. The lowest BCUT2D eigenvalue weighted by atomic mass is 10.1. The van der Waals surface area contributed by atoms with E-state index in [2.05, 4.69) is 15.5 Å². The lowest BCUT2D eigenvalue weighted by Crippen LogP contribution is -2.13. The smallest absolute Gasteiger partial charge is 0.270 e. The fourth-order valence-corrected chi connectivity index (χ4v) is 3.13. The van der Waals surface area contributed by atoms with Crippen LogP contribution in [0.4, 0.5) is 11.4 Å². The third-order valence-corrected chi connectivity index (χ3v) is 4.68. The molecule has 0 radical (unpaired) electrons. The Morgan fingerprint density at radius 2 is 1.76 bits per heavy atom. The van der Waals surface area contributed by atoms with Crippen LogP contribution in [0.5, 0.6) is 0 Å². The number of nitro benzene ring substituents is 1. The minimum atomic E-state index is -0.568. The molecular weight excluding hydrogens is 394 g/mol. The Bertz CT molecular complexity index is 1250.